The number of benzene rings is 2. The van der Waals surface area contributed by atoms with E-state index in [4.69, 9.17) is 9.15 Å². The molecule has 34 heavy (non-hydrogen) atoms. The minimum absolute atomic E-state index is 0.115. The molecule has 0 bridgehead atoms. The van der Waals surface area contributed by atoms with E-state index in [0.29, 0.717) is 53.5 Å². The summed E-state index contributed by atoms with van der Waals surface area (Å²) >= 11 is 0. The number of anilines is 2. The molecule has 3 N–H and O–H groups in total. The molecule has 1 heterocycles. The number of aliphatic hydroxyl groups excluding tert-OH is 1. The summed E-state index contributed by atoms with van der Waals surface area (Å²) in [5.74, 6) is -0.392. The Morgan fingerprint density at radius 2 is 1.94 bits per heavy atom. The lowest BCUT2D eigenvalue weighted by molar-refractivity contribution is -0.138. The van der Waals surface area contributed by atoms with E-state index >= 15 is 0 Å². The number of hydrogen-bond donors (Lipinski definition) is 3. The zero-order chi connectivity index (χ0) is 24.9. The molecule has 0 aliphatic carbocycles. The third-order valence-corrected chi connectivity index (χ3v) is 6.07. The van der Waals surface area contributed by atoms with Crippen LogP contribution in [-0.2, 0) is 14.8 Å². The number of aryl methyl sites for hydroxylation is 1. The second kappa shape index (κ2) is 10.8. The van der Waals surface area contributed by atoms with Gasteiger partial charge in [0.05, 0.1) is 36.7 Å². The number of aliphatic carboxylic acids is 1. The van der Waals surface area contributed by atoms with Gasteiger partial charge in [-0.15, -0.1) is 0 Å². The number of carbonyl (C=O) groups is 1. The summed E-state index contributed by atoms with van der Waals surface area (Å²) in [5.41, 5.74) is 2.29. The second-order valence-electron chi connectivity index (χ2n) is 7.98. The van der Waals surface area contributed by atoms with Crippen molar-refractivity contribution < 1.29 is 32.6 Å². The van der Waals surface area contributed by atoms with E-state index in [2.05, 4.69) is 4.72 Å². The van der Waals surface area contributed by atoms with Gasteiger partial charge in [0.15, 0.2) is 0 Å². The minimum Gasteiger partial charge on any atom is -0.492 e. The number of aliphatic hydroxyl groups is 1. The van der Waals surface area contributed by atoms with Crippen molar-refractivity contribution in [2.75, 3.05) is 42.2 Å². The van der Waals surface area contributed by atoms with Crippen LogP contribution in [0.1, 0.15) is 30.6 Å². The van der Waals surface area contributed by atoms with Crippen molar-refractivity contribution in [1.29, 1.82) is 0 Å². The van der Waals surface area contributed by atoms with E-state index < -0.39 is 21.9 Å². The van der Waals surface area contributed by atoms with Crippen LogP contribution in [0.5, 0.6) is 5.75 Å². The Kier molecular flexibility index (Phi) is 8.06. The van der Waals surface area contributed by atoms with Gasteiger partial charge in [0.25, 0.3) is 0 Å². The van der Waals surface area contributed by atoms with Gasteiger partial charge in [0.1, 0.15) is 23.7 Å². The molecule has 0 saturated carbocycles. The molecule has 0 aliphatic heterocycles. The fourth-order valence-corrected chi connectivity index (χ4v) is 4.60. The van der Waals surface area contributed by atoms with E-state index in [0.717, 1.165) is 11.6 Å². The van der Waals surface area contributed by atoms with Crippen LogP contribution in [0.25, 0.3) is 11.0 Å². The average molecular weight is 491 g/mol. The third-order valence-electron chi connectivity index (χ3n) is 5.48. The van der Waals surface area contributed by atoms with Gasteiger partial charge < -0.3 is 24.3 Å². The Morgan fingerprint density at radius 1 is 1.21 bits per heavy atom. The van der Waals surface area contributed by atoms with Crippen molar-refractivity contribution in [3.8, 4) is 5.75 Å². The van der Waals surface area contributed by atoms with E-state index in [1.807, 2.05) is 11.8 Å². The van der Waals surface area contributed by atoms with Crippen LogP contribution in [0.15, 0.2) is 46.9 Å². The average Bonchev–Trinajstić information content (AvgIpc) is 3.08. The number of nitrogens with one attached hydrogen (secondary N) is 1. The first-order chi connectivity index (χ1) is 16.1. The molecule has 0 aliphatic rings. The summed E-state index contributed by atoms with van der Waals surface area (Å²) in [6, 6.07) is 12.3. The normalized spacial score (nSPS) is 12.5. The highest BCUT2D eigenvalue weighted by Gasteiger charge is 2.25. The fourth-order valence-electron chi connectivity index (χ4n) is 4.03. The third kappa shape index (κ3) is 6.00. The van der Waals surface area contributed by atoms with Crippen LogP contribution < -0.4 is 14.4 Å². The number of fused-ring (bicyclic) bond motifs is 1. The lowest BCUT2D eigenvalue weighted by atomic mass is 9.94. The lowest BCUT2D eigenvalue weighted by Gasteiger charge is -2.26. The zero-order valence-electron chi connectivity index (χ0n) is 19.4. The Labute approximate surface area is 199 Å². The van der Waals surface area contributed by atoms with E-state index in [1.165, 1.54) is 0 Å². The first kappa shape index (κ1) is 25.4. The maximum absolute atomic E-state index is 11.7. The smallest absolute Gasteiger partial charge is 0.311 e. The lowest BCUT2D eigenvalue weighted by Crippen LogP contribution is -2.32. The van der Waals surface area contributed by atoms with Crippen molar-refractivity contribution in [2.45, 2.75) is 26.2 Å². The highest BCUT2D eigenvalue weighted by Crippen LogP contribution is 2.35. The number of ether oxygens (including phenoxy) is 1. The molecule has 0 fully saturated rings. The van der Waals surface area contributed by atoms with E-state index in [1.54, 1.807) is 49.4 Å². The molecule has 0 saturated heterocycles. The summed E-state index contributed by atoms with van der Waals surface area (Å²) in [6.45, 7) is 4.42. The second-order valence-corrected chi connectivity index (χ2v) is 9.73. The van der Waals surface area contributed by atoms with Crippen LogP contribution in [0.4, 0.5) is 11.4 Å². The predicted octanol–water partition coefficient (Wildman–Crippen LogP) is 3.57. The van der Waals surface area contributed by atoms with Crippen LogP contribution in [0, 0.1) is 6.92 Å². The van der Waals surface area contributed by atoms with Gasteiger partial charge in [-0.1, -0.05) is 19.1 Å². The van der Waals surface area contributed by atoms with Crippen LogP contribution in [0.3, 0.4) is 0 Å². The van der Waals surface area contributed by atoms with Gasteiger partial charge in [-0.25, -0.2) is 8.42 Å². The number of furan rings is 1. The van der Waals surface area contributed by atoms with Gasteiger partial charge in [0.2, 0.25) is 10.0 Å². The Morgan fingerprint density at radius 3 is 2.59 bits per heavy atom. The molecule has 0 spiro atoms. The summed E-state index contributed by atoms with van der Waals surface area (Å²) in [6.07, 6.45) is 1.54. The zero-order valence-corrected chi connectivity index (χ0v) is 20.3. The number of rotatable bonds is 12. The highest BCUT2D eigenvalue weighted by atomic mass is 32.2. The molecule has 1 aromatic heterocycles. The SMILES string of the molecule is CCC(C(=O)O)c1c(C)oc2cc(OCCN(CCO)c3ccccc3NS(C)(=O)=O)ccc12. The molecule has 1 atom stereocenters. The van der Waals surface area contributed by atoms with Crippen molar-refractivity contribution in [1.82, 2.24) is 0 Å². The maximum atomic E-state index is 11.7. The Balaban J connectivity index is 1.76. The quantitative estimate of drug-likeness (QED) is 0.351. The fraction of sp³-hybridized carbons (Fsp3) is 0.375. The number of nitrogens with zero attached hydrogens (tertiary/aromatic N) is 1. The number of hydrogen-bond acceptors (Lipinski definition) is 7. The number of carboxylic acids is 1. The van der Waals surface area contributed by atoms with Gasteiger partial charge in [-0.3, -0.25) is 9.52 Å². The molecule has 9 nitrogen and oxygen atoms in total. The highest BCUT2D eigenvalue weighted by molar-refractivity contribution is 7.92. The molecule has 2 aromatic carbocycles. The molecule has 10 heteroatoms. The van der Waals surface area contributed by atoms with Crippen molar-refractivity contribution in [3.05, 3.63) is 53.8 Å². The standard InChI is InChI=1S/C24H30N2O7S/c1-4-18(24(28)29)23-16(2)33-22-15-17(9-10-19(22)23)32-14-12-26(11-13-27)21-8-6-5-7-20(21)25-34(3,30)31/h5-10,15,18,25,27H,4,11-14H2,1-3H3,(H,28,29). The molecular formula is C24H30N2O7S. The number of carboxylic acid groups (broad SMARTS) is 1. The number of sulfonamides is 1. The topological polar surface area (TPSA) is 129 Å². The van der Waals surface area contributed by atoms with Crippen LogP contribution in [-0.4, -0.2) is 57.2 Å². The molecule has 3 rings (SSSR count). The van der Waals surface area contributed by atoms with Crippen LogP contribution >= 0.6 is 0 Å². The maximum Gasteiger partial charge on any atom is 0.311 e. The predicted molar refractivity (Wildman–Crippen MR) is 131 cm³/mol. The molecule has 1 unspecified atom stereocenters. The monoisotopic (exact) mass is 490 g/mol. The van der Waals surface area contributed by atoms with Crippen LogP contribution in [0.2, 0.25) is 0 Å². The summed E-state index contributed by atoms with van der Waals surface area (Å²) in [7, 11) is -3.47. The first-order valence-corrected chi connectivity index (χ1v) is 12.8. The molecule has 0 radical (unpaired) electrons. The molecule has 184 valence electrons. The number of para-hydroxylation sites is 2. The van der Waals surface area contributed by atoms with Gasteiger partial charge in [0, 0.05) is 23.6 Å². The van der Waals surface area contributed by atoms with Gasteiger partial charge in [-0.05, 0) is 37.6 Å². The van der Waals surface area contributed by atoms with E-state index in [-0.39, 0.29) is 13.2 Å². The van der Waals surface area contributed by atoms with Gasteiger partial charge in [-0.2, -0.15) is 0 Å². The Hall–Kier alpha value is -3.24. The summed E-state index contributed by atoms with van der Waals surface area (Å²) in [4.78, 5) is 13.5. The van der Waals surface area contributed by atoms with E-state index in [9.17, 15) is 23.4 Å². The van der Waals surface area contributed by atoms with Crippen molar-refractivity contribution in [2.24, 2.45) is 0 Å². The molecule has 0 amide bonds. The minimum atomic E-state index is -3.47. The molecular weight excluding hydrogens is 460 g/mol. The van der Waals surface area contributed by atoms with Crippen molar-refractivity contribution in [3.63, 3.8) is 0 Å². The largest absolute Gasteiger partial charge is 0.492 e. The Bertz CT molecular complexity index is 1250. The summed E-state index contributed by atoms with van der Waals surface area (Å²) in [5, 5.41) is 19.8. The van der Waals surface area contributed by atoms with Gasteiger partial charge >= 0.3 is 5.97 Å². The molecule has 3 aromatic rings. The first-order valence-electron chi connectivity index (χ1n) is 11.0. The summed E-state index contributed by atoms with van der Waals surface area (Å²) < 4.78 is 37.7. The van der Waals surface area contributed by atoms with Crippen molar-refractivity contribution >= 4 is 38.3 Å².